The van der Waals surface area contributed by atoms with Crippen molar-refractivity contribution in [1.82, 2.24) is 5.43 Å². The monoisotopic (exact) mass is 134 g/mol. The first kappa shape index (κ1) is 6.92. The van der Waals surface area contributed by atoms with Gasteiger partial charge in [-0.15, -0.1) is 0 Å². The van der Waals surface area contributed by atoms with Gasteiger partial charge in [0.2, 0.25) is 0 Å². The highest BCUT2D eigenvalue weighted by atomic mass is 19.1. The lowest BCUT2D eigenvalue weighted by atomic mass is 10.2. The number of hydrogen-bond donors (Lipinski definition) is 2. The van der Waals surface area contributed by atoms with E-state index >= 15 is 0 Å². The number of alkyl halides is 1. The number of hydrazine groups is 1. The fourth-order valence-electron chi connectivity index (χ4n) is 0.925. The fourth-order valence-corrected chi connectivity index (χ4v) is 0.925. The van der Waals surface area contributed by atoms with Gasteiger partial charge in [-0.25, -0.2) is 4.39 Å². The van der Waals surface area contributed by atoms with Crippen molar-refractivity contribution in [1.29, 1.82) is 0 Å². The van der Waals surface area contributed by atoms with Gasteiger partial charge < -0.3 is 4.74 Å². The second-order valence-electron chi connectivity index (χ2n) is 2.12. The molecule has 1 heterocycles. The maximum absolute atomic E-state index is 12.6. The van der Waals surface area contributed by atoms with Crippen LogP contribution in [-0.2, 0) is 4.74 Å². The number of ether oxygens (including phenoxy) is 1. The standard InChI is InChI=1S/C5H11FN2O/c6-4-1-2-9-5(4)3-8-7/h4-5,8H,1-3,7H2/t4-,5-/m1/s1. The third-order valence-corrected chi connectivity index (χ3v) is 1.45. The predicted octanol–water partition coefficient (Wildman–Crippen LogP) is -0.423. The molecule has 0 bridgehead atoms. The highest BCUT2D eigenvalue weighted by Gasteiger charge is 2.26. The van der Waals surface area contributed by atoms with E-state index in [1.165, 1.54) is 0 Å². The van der Waals surface area contributed by atoms with Crippen LogP contribution in [0.25, 0.3) is 0 Å². The molecule has 0 radical (unpaired) electrons. The first-order valence-electron chi connectivity index (χ1n) is 3.03. The van der Waals surface area contributed by atoms with Crippen LogP contribution < -0.4 is 11.3 Å². The Morgan fingerprint density at radius 3 is 3.00 bits per heavy atom. The smallest absolute Gasteiger partial charge is 0.130 e. The summed E-state index contributed by atoms with van der Waals surface area (Å²) in [5.74, 6) is 4.97. The van der Waals surface area contributed by atoms with Gasteiger partial charge in [0.05, 0.1) is 6.61 Å². The van der Waals surface area contributed by atoms with E-state index in [-0.39, 0.29) is 6.10 Å². The summed E-state index contributed by atoms with van der Waals surface area (Å²) in [4.78, 5) is 0. The van der Waals surface area contributed by atoms with E-state index in [1.807, 2.05) is 0 Å². The molecule has 0 unspecified atom stereocenters. The Labute approximate surface area is 53.3 Å². The third kappa shape index (κ3) is 1.61. The van der Waals surface area contributed by atoms with Crippen LogP contribution in [0.2, 0.25) is 0 Å². The van der Waals surface area contributed by atoms with Crippen LogP contribution in [0.15, 0.2) is 0 Å². The van der Waals surface area contributed by atoms with Crippen LogP contribution >= 0.6 is 0 Å². The van der Waals surface area contributed by atoms with Crippen molar-refractivity contribution in [3.05, 3.63) is 0 Å². The molecule has 3 nitrogen and oxygen atoms in total. The molecule has 0 aromatic carbocycles. The number of rotatable bonds is 2. The molecule has 1 aliphatic heterocycles. The van der Waals surface area contributed by atoms with Gasteiger partial charge in [-0.2, -0.15) is 0 Å². The largest absolute Gasteiger partial charge is 0.374 e. The highest BCUT2D eigenvalue weighted by molar-refractivity contribution is 4.76. The third-order valence-electron chi connectivity index (χ3n) is 1.45. The molecule has 1 fully saturated rings. The van der Waals surface area contributed by atoms with Gasteiger partial charge in [0.15, 0.2) is 0 Å². The first-order valence-corrected chi connectivity index (χ1v) is 3.03. The van der Waals surface area contributed by atoms with Crippen LogP contribution in [0.4, 0.5) is 4.39 Å². The van der Waals surface area contributed by atoms with E-state index < -0.39 is 6.17 Å². The molecule has 0 amide bonds. The van der Waals surface area contributed by atoms with Crippen LogP contribution in [0.1, 0.15) is 6.42 Å². The lowest BCUT2D eigenvalue weighted by Gasteiger charge is -2.09. The van der Waals surface area contributed by atoms with Crippen molar-refractivity contribution < 1.29 is 9.13 Å². The van der Waals surface area contributed by atoms with Crippen LogP contribution in [-0.4, -0.2) is 25.4 Å². The summed E-state index contributed by atoms with van der Waals surface area (Å²) in [7, 11) is 0. The summed E-state index contributed by atoms with van der Waals surface area (Å²) >= 11 is 0. The predicted molar refractivity (Wildman–Crippen MR) is 31.4 cm³/mol. The van der Waals surface area contributed by atoms with Gasteiger partial charge in [-0.3, -0.25) is 11.3 Å². The van der Waals surface area contributed by atoms with E-state index in [0.29, 0.717) is 19.6 Å². The van der Waals surface area contributed by atoms with Gasteiger partial charge in [0.1, 0.15) is 12.3 Å². The van der Waals surface area contributed by atoms with Gasteiger partial charge >= 0.3 is 0 Å². The van der Waals surface area contributed by atoms with Crippen molar-refractivity contribution in [2.45, 2.75) is 18.7 Å². The SMILES string of the molecule is NNC[C@H]1OCC[C@H]1F. The number of halogens is 1. The molecule has 1 aliphatic rings. The molecule has 0 aromatic heterocycles. The highest BCUT2D eigenvalue weighted by Crippen LogP contribution is 2.15. The molecule has 9 heavy (non-hydrogen) atoms. The minimum Gasteiger partial charge on any atom is -0.374 e. The molecule has 1 saturated heterocycles. The van der Waals surface area contributed by atoms with E-state index in [0.717, 1.165) is 0 Å². The van der Waals surface area contributed by atoms with Crippen LogP contribution in [0, 0.1) is 0 Å². The fraction of sp³-hybridized carbons (Fsp3) is 1.00. The zero-order valence-electron chi connectivity index (χ0n) is 5.14. The molecule has 2 atom stereocenters. The van der Waals surface area contributed by atoms with Crippen molar-refractivity contribution >= 4 is 0 Å². The maximum Gasteiger partial charge on any atom is 0.130 e. The lowest BCUT2D eigenvalue weighted by molar-refractivity contribution is 0.0776. The average Bonchev–Trinajstić information content (AvgIpc) is 2.18. The average molecular weight is 134 g/mol. The maximum atomic E-state index is 12.6. The number of nitrogens with two attached hydrogens (primary N) is 1. The van der Waals surface area contributed by atoms with Gasteiger partial charge in [0, 0.05) is 13.0 Å². The Balaban J connectivity index is 2.22. The van der Waals surface area contributed by atoms with Gasteiger partial charge in [-0.1, -0.05) is 0 Å². The van der Waals surface area contributed by atoms with E-state index in [4.69, 9.17) is 10.6 Å². The summed E-state index contributed by atoms with van der Waals surface area (Å²) in [5.41, 5.74) is 2.38. The van der Waals surface area contributed by atoms with Crippen molar-refractivity contribution in [3.8, 4) is 0 Å². The Bertz CT molecular complexity index is 91.0. The quantitative estimate of drug-likeness (QED) is 0.398. The Morgan fingerprint density at radius 1 is 1.78 bits per heavy atom. The molecule has 0 spiro atoms. The Hall–Kier alpha value is -0.190. The lowest BCUT2D eigenvalue weighted by Crippen LogP contribution is -2.35. The second-order valence-corrected chi connectivity index (χ2v) is 2.12. The van der Waals surface area contributed by atoms with Crippen LogP contribution in [0.3, 0.4) is 0 Å². The van der Waals surface area contributed by atoms with Crippen molar-refractivity contribution in [3.63, 3.8) is 0 Å². The summed E-state index contributed by atoms with van der Waals surface area (Å²) in [6.45, 7) is 0.925. The normalized spacial score (nSPS) is 35.3. The van der Waals surface area contributed by atoms with E-state index in [9.17, 15) is 4.39 Å². The summed E-state index contributed by atoms with van der Waals surface area (Å²) in [6, 6.07) is 0. The Morgan fingerprint density at radius 2 is 2.56 bits per heavy atom. The molecule has 0 aromatic rings. The number of nitrogens with one attached hydrogen (secondary N) is 1. The Kier molecular flexibility index (Phi) is 2.38. The van der Waals surface area contributed by atoms with Crippen molar-refractivity contribution in [2.75, 3.05) is 13.2 Å². The summed E-state index contributed by atoms with van der Waals surface area (Å²) in [6.07, 6.45) is -0.650. The molecule has 54 valence electrons. The molecule has 4 heteroatoms. The van der Waals surface area contributed by atoms with Crippen molar-refractivity contribution in [2.24, 2.45) is 5.84 Å². The molecule has 0 aliphatic carbocycles. The topological polar surface area (TPSA) is 47.3 Å². The number of hydrogen-bond acceptors (Lipinski definition) is 3. The van der Waals surface area contributed by atoms with Gasteiger partial charge in [-0.05, 0) is 0 Å². The minimum atomic E-state index is -0.832. The molecule has 3 N–H and O–H groups in total. The van der Waals surface area contributed by atoms with E-state index in [1.54, 1.807) is 0 Å². The molecular formula is C5H11FN2O. The molecule has 0 saturated carbocycles. The molecular weight excluding hydrogens is 123 g/mol. The van der Waals surface area contributed by atoms with Gasteiger partial charge in [0.25, 0.3) is 0 Å². The molecule has 1 rings (SSSR count). The summed E-state index contributed by atoms with van der Waals surface area (Å²) in [5, 5.41) is 0. The minimum absolute atomic E-state index is 0.324. The zero-order chi connectivity index (χ0) is 6.69. The second kappa shape index (κ2) is 3.10. The zero-order valence-corrected chi connectivity index (χ0v) is 5.14. The first-order chi connectivity index (χ1) is 4.34. The van der Waals surface area contributed by atoms with Crippen LogP contribution in [0.5, 0.6) is 0 Å². The van der Waals surface area contributed by atoms with E-state index in [2.05, 4.69) is 5.43 Å². The summed E-state index contributed by atoms with van der Waals surface area (Å²) < 4.78 is 17.5.